The summed E-state index contributed by atoms with van der Waals surface area (Å²) >= 11 is 0. The fraction of sp³-hybridized carbons (Fsp3) is 0.167. The number of carbonyl (C=O) groups excluding carboxylic acids is 2. The summed E-state index contributed by atoms with van der Waals surface area (Å²) in [6.45, 7) is 4.02. The van der Waals surface area contributed by atoms with Crippen molar-refractivity contribution in [2.45, 2.75) is 19.9 Å². The third kappa shape index (κ3) is 4.75. The highest BCUT2D eigenvalue weighted by atomic mass is 16.2. The van der Waals surface area contributed by atoms with Crippen LogP contribution in [0.1, 0.15) is 36.1 Å². The van der Waals surface area contributed by atoms with Gasteiger partial charge in [0.05, 0.1) is 6.04 Å². The molecule has 0 saturated carbocycles. The highest BCUT2D eigenvalue weighted by Gasteiger charge is 2.23. The molecule has 4 rings (SSSR count). The molecule has 0 bridgehead atoms. The maximum absolute atomic E-state index is 12.7. The van der Waals surface area contributed by atoms with E-state index in [0.717, 1.165) is 5.65 Å². The number of nitrogens with one attached hydrogen (secondary N) is 3. The van der Waals surface area contributed by atoms with Crippen molar-refractivity contribution in [2.24, 2.45) is 5.92 Å². The van der Waals surface area contributed by atoms with Gasteiger partial charge in [-0.25, -0.2) is 4.79 Å². The predicted molar refractivity (Wildman–Crippen MR) is 124 cm³/mol. The third-order valence-corrected chi connectivity index (χ3v) is 4.99. The van der Waals surface area contributed by atoms with Gasteiger partial charge in [-0.1, -0.05) is 44.2 Å². The van der Waals surface area contributed by atoms with Gasteiger partial charge >= 0.3 is 6.03 Å². The highest BCUT2D eigenvalue weighted by molar-refractivity contribution is 6.04. The minimum atomic E-state index is -0.372. The average molecular weight is 428 g/mol. The van der Waals surface area contributed by atoms with Crippen LogP contribution in [0.15, 0.2) is 79.0 Å². The van der Waals surface area contributed by atoms with E-state index in [9.17, 15) is 9.59 Å². The van der Waals surface area contributed by atoms with Gasteiger partial charge in [-0.3, -0.25) is 9.20 Å². The van der Waals surface area contributed by atoms with Crippen LogP contribution in [0.2, 0.25) is 0 Å². The number of carbonyl (C=O) groups is 2. The van der Waals surface area contributed by atoms with E-state index in [2.05, 4.69) is 26.1 Å². The zero-order valence-corrected chi connectivity index (χ0v) is 17.8. The molecule has 0 aliphatic rings. The molecule has 32 heavy (non-hydrogen) atoms. The van der Waals surface area contributed by atoms with E-state index in [1.54, 1.807) is 48.5 Å². The smallest absolute Gasteiger partial charge is 0.319 e. The van der Waals surface area contributed by atoms with Gasteiger partial charge in [0.15, 0.2) is 11.5 Å². The molecule has 4 aromatic rings. The highest BCUT2D eigenvalue weighted by Crippen LogP contribution is 2.22. The number of rotatable bonds is 6. The van der Waals surface area contributed by atoms with Crippen LogP contribution < -0.4 is 16.0 Å². The summed E-state index contributed by atoms with van der Waals surface area (Å²) in [5.74, 6) is 0.533. The number of urea groups is 1. The molecule has 0 aliphatic carbocycles. The zero-order valence-electron chi connectivity index (χ0n) is 17.8. The van der Waals surface area contributed by atoms with Crippen LogP contribution in [0.5, 0.6) is 0 Å². The number of aromatic nitrogens is 3. The molecule has 8 nitrogen and oxygen atoms in total. The van der Waals surface area contributed by atoms with Crippen molar-refractivity contribution < 1.29 is 9.59 Å². The zero-order chi connectivity index (χ0) is 22.5. The fourth-order valence-electron chi connectivity index (χ4n) is 3.38. The molecule has 1 unspecified atom stereocenters. The van der Waals surface area contributed by atoms with Crippen LogP contribution in [0, 0.1) is 5.92 Å². The van der Waals surface area contributed by atoms with E-state index in [0.29, 0.717) is 22.8 Å². The average Bonchev–Trinajstić information content (AvgIpc) is 3.22. The van der Waals surface area contributed by atoms with Gasteiger partial charge in [0.1, 0.15) is 0 Å². The molecule has 162 valence electrons. The number of anilines is 2. The quantitative estimate of drug-likeness (QED) is 0.421. The molecule has 2 aromatic carbocycles. The van der Waals surface area contributed by atoms with Gasteiger partial charge in [-0.2, -0.15) is 0 Å². The Morgan fingerprint density at radius 2 is 1.56 bits per heavy atom. The Balaban J connectivity index is 1.45. The van der Waals surface area contributed by atoms with Crippen molar-refractivity contribution >= 4 is 29.0 Å². The molecule has 3 amide bonds. The molecule has 0 spiro atoms. The van der Waals surface area contributed by atoms with Gasteiger partial charge in [-0.15, -0.1) is 10.2 Å². The number of amides is 3. The Morgan fingerprint density at radius 3 is 2.31 bits per heavy atom. The molecule has 0 radical (unpaired) electrons. The van der Waals surface area contributed by atoms with Gasteiger partial charge < -0.3 is 16.0 Å². The van der Waals surface area contributed by atoms with Gasteiger partial charge in [0, 0.05) is 23.1 Å². The van der Waals surface area contributed by atoms with Gasteiger partial charge in [0.2, 0.25) is 0 Å². The first-order valence-electron chi connectivity index (χ1n) is 10.3. The van der Waals surface area contributed by atoms with Crippen molar-refractivity contribution in [3.05, 3.63) is 90.4 Å². The lowest BCUT2D eigenvalue weighted by Crippen LogP contribution is -2.36. The van der Waals surface area contributed by atoms with Crippen molar-refractivity contribution in [1.29, 1.82) is 0 Å². The van der Waals surface area contributed by atoms with Crippen molar-refractivity contribution in [2.75, 3.05) is 10.6 Å². The number of nitrogens with zero attached hydrogens (tertiary/aromatic N) is 3. The topological polar surface area (TPSA) is 100 Å². The molecular formula is C24H24N6O2. The number of benzene rings is 2. The lowest BCUT2D eigenvalue weighted by atomic mass is 10.0. The largest absolute Gasteiger partial charge is 0.328 e. The summed E-state index contributed by atoms with van der Waals surface area (Å²) in [4.78, 5) is 25.1. The molecule has 2 aromatic heterocycles. The Morgan fingerprint density at radius 1 is 0.844 bits per heavy atom. The second-order valence-electron chi connectivity index (χ2n) is 7.71. The van der Waals surface area contributed by atoms with Crippen LogP contribution in [0.25, 0.3) is 5.65 Å². The Hall–Kier alpha value is -4.20. The molecule has 3 N–H and O–H groups in total. The normalized spacial score (nSPS) is 11.8. The third-order valence-electron chi connectivity index (χ3n) is 4.99. The van der Waals surface area contributed by atoms with E-state index in [-0.39, 0.29) is 23.9 Å². The van der Waals surface area contributed by atoms with E-state index in [1.807, 2.05) is 48.7 Å². The number of fused-ring (bicyclic) bond motifs is 1. The van der Waals surface area contributed by atoms with Crippen molar-refractivity contribution in [3.8, 4) is 0 Å². The Kier molecular flexibility index (Phi) is 6.12. The van der Waals surface area contributed by atoms with Crippen LogP contribution in [0.3, 0.4) is 0 Å². The molecule has 2 heterocycles. The minimum absolute atomic E-state index is 0.0878. The SMILES string of the molecule is CC(C)C(NC(=O)Nc1cccc(NC(=O)c2ccccc2)c1)c1nnc2ccccn12. The van der Waals surface area contributed by atoms with E-state index in [1.165, 1.54) is 0 Å². The number of hydrogen-bond donors (Lipinski definition) is 3. The van der Waals surface area contributed by atoms with Crippen LogP contribution in [0.4, 0.5) is 16.2 Å². The molecular weight excluding hydrogens is 404 g/mol. The van der Waals surface area contributed by atoms with Gasteiger partial charge in [0.25, 0.3) is 5.91 Å². The van der Waals surface area contributed by atoms with Crippen molar-refractivity contribution in [1.82, 2.24) is 19.9 Å². The standard InChI is InChI=1S/C24H24N6O2/c1-16(2)21(22-29-28-20-13-6-7-14-30(20)22)27-24(32)26-19-12-8-11-18(15-19)25-23(31)17-9-4-3-5-10-17/h3-16,21H,1-2H3,(H,25,31)(H2,26,27,32). The van der Waals surface area contributed by atoms with Crippen LogP contribution in [-0.4, -0.2) is 26.5 Å². The predicted octanol–water partition coefficient (Wildman–Crippen LogP) is 4.50. The molecule has 0 saturated heterocycles. The monoisotopic (exact) mass is 428 g/mol. The van der Waals surface area contributed by atoms with Crippen LogP contribution in [-0.2, 0) is 0 Å². The Labute approximate surface area is 185 Å². The van der Waals surface area contributed by atoms with Crippen LogP contribution >= 0.6 is 0 Å². The molecule has 0 aliphatic heterocycles. The van der Waals surface area contributed by atoms with Crippen molar-refractivity contribution in [3.63, 3.8) is 0 Å². The molecule has 0 fully saturated rings. The first-order chi connectivity index (χ1) is 15.5. The number of pyridine rings is 1. The van der Waals surface area contributed by atoms with E-state index < -0.39 is 0 Å². The summed E-state index contributed by atoms with van der Waals surface area (Å²) in [5, 5.41) is 17.1. The lowest BCUT2D eigenvalue weighted by Gasteiger charge is -2.21. The maximum atomic E-state index is 12.7. The first kappa shape index (κ1) is 21.0. The minimum Gasteiger partial charge on any atom is -0.328 e. The van der Waals surface area contributed by atoms with Gasteiger partial charge in [-0.05, 0) is 48.4 Å². The second-order valence-corrected chi connectivity index (χ2v) is 7.71. The fourth-order valence-corrected chi connectivity index (χ4v) is 3.38. The number of hydrogen-bond acceptors (Lipinski definition) is 4. The molecule has 1 atom stereocenters. The summed E-state index contributed by atoms with van der Waals surface area (Å²) in [7, 11) is 0. The lowest BCUT2D eigenvalue weighted by molar-refractivity contribution is 0.102. The summed E-state index contributed by atoms with van der Waals surface area (Å²) in [6.07, 6.45) is 1.87. The summed E-state index contributed by atoms with van der Waals surface area (Å²) in [6, 6.07) is 20.9. The first-order valence-corrected chi connectivity index (χ1v) is 10.3. The molecule has 8 heteroatoms. The Bertz CT molecular complexity index is 1240. The summed E-state index contributed by atoms with van der Waals surface area (Å²) < 4.78 is 1.87. The van der Waals surface area contributed by atoms with E-state index in [4.69, 9.17) is 0 Å². The maximum Gasteiger partial charge on any atom is 0.319 e. The van der Waals surface area contributed by atoms with E-state index >= 15 is 0 Å². The summed E-state index contributed by atoms with van der Waals surface area (Å²) in [5.41, 5.74) is 2.42. The second kappa shape index (κ2) is 9.30.